The predicted molar refractivity (Wildman–Crippen MR) is 64.7 cm³/mol. The standard InChI is InChI=1S/C12H16N4/c1-9-13-10-5-6-11(15-12(10)14-9)16-7-3-2-4-8-16/h5-6H,2-4,7-8H2,1H3,(H,13,14,15). The molecule has 0 bridgehead atoms. The van der Waals surface area contributed by atoms with Crippen LogP contribution in [0.15, 0.2) is 12.1 Å². The van der Waals surface area contributed by atoms with Crippen molar-refractivity contribution in [3.8, 4) is 0 Å². The van der Waals surface area contributed by atoms with E-state index in [-0.39, 0.29) is 0 Å². The van der Waals surface area contributed by atoms with Crippen molar-refractivity contribution < 1.29 is 0 Å². The molecule has 0 atom stereocenters. The molecule has 2 aromatic heterocycles. The molecule has 0 aliphatic carbocycles. The number of rotatable bonds is 1. The Hall–Kier alpha value is -1.58. The summed E-state index contributed by atoms with van der Waals surface area (Å²) in [5, 5.41) is 0. The van der Waals surface area contributed by atoms with E-state index in [1.807, 2.05) is 6.92 Å². The zero-order chi connectivity index (χ0) is 11.0. The van der Waals surface area contributed by atoms with Gasteiger partial charge in [-0.1, -0.05) is 0 Å². The Balaban J connectivity index is 1.97. The van der Waals surface area contributed by atoms with Crippen LogP contribution in [0.25, 0.3) is 11.2 Å². The molecule has 1 aliphatic heterocycles. The molecule has 1 N–H and O–H groups in total. The largest absolute Gasteiger partial charge is 0.357 e. The Labute approximate surface area is 94.7 Å². The van der Waals surface area contributed by atoms with Crippen molar-refractivity contribution in [3.63, 3.8) is 0 Å². The second-order valence-corrected chi connectivity index (χ2v) is 4.41. The summed E-state index contributed by atoms with van der Waals surface area (Å²) in [4.78, 5) is 14.5. The second-order valence-electron chi connectivity index (χ2n) is 4.41. The second kappa shape index (κ2) is 3.77. The Kier molecular flexibility index (Phi) is 2.27. The van der Waals surface area contributed by atoms with Gasteiger partial charge in [-0.15, -0.1) is 0 Å². The summed E-state index contributed by atoms with van der Waals surface area (Å²) in [6.45, 7) is 4.21. The van der Waals surface area contributed by atoms with Gasteiger partial charge in [-0.3, -0.25) is 0 Å². The molecule has 1 saturated heterocycles. The fraction of sp³-hybridized carbons (Fsp3) is 0.500. The maximum Gasteiger partial charge on any atom is 0.179 e. The summed E-state index contributed by atoms with van der Waals surface area (Å²) in [5.41, 5.74) is 1.86. The number of aromatic nitrogens is 3. The molecule has 4 heteroatoms. The molecular formula is C12H16N4. The molecule has 84 valence electrons. The van der Waals surface area contributed by atoms with E-state index in [2.05, 4.69) is 32.0 Å². The van der Waals surface area contributed by atoms with Gasteiger partial charge >= 0.3 is 0 Å². The maximum atomic E-state index is 4.60. The minimum absolute atomic E-state index is 0.834. The van der Waals surface area contributed by atoms with E-state index in [9.17, 15) is 0 Å². The fourth-order valence-electron chi connectivity index (χ4n) is 2.30. The first-order valence-electron chi connectivity index (χ1n) is 5.91. The van der Waals surface area contributed by atoms with Crippen LogP contribution in [-0.4, -0.2) is 28.0 Å². The van der Waals surface area contributed by atoms with Gasteiger partial charge < -0.3 is 9.88 Å². The highest BCUT2D eigenvalue weighted by Gasteiger charge is 2.12. The van der Waals surface area contributed by atoms with Crippen molar-refractivity contribution >= 4 is 17.0 Å². The lowest BCUT2D eigenvalue weighted by molar-refractivity contribution is 0.574. The lowest BCUT2D eigenvalue weighted by Gasteiger charge is -2.27. The zero-order valence-electron chi connectivity index (χ0n) is 9.53. The highest BCUT2D eigenvalue weighted by molar-refractivity contribution is 5.73. The van der Waals surface area contributed by atoms with Crippen LogP contribution >= 0.6 is 0 Å². The Morgan fingerprint density at radius 1 is 1.12 bits per heavy atom. The minimum Gasteiger partial charge on any atom is -0.357 e. The average molecular weight is 216 g/mol. The first kappa shape index (κ1) is 9.63. The van der Waals surface area contributed by atoms with Gasteiger partial charge in [0.25, 0.3) is 0 Å². The van der Waals surface area contributed by atoms with Crippen LogP contribution < -0.4 is 4.90 Å². The van der Waals surface area contributed by atoms with Crippen LogP contribution in [0, 0.1) is 6.92 Å². The van der Waals surface area contributed by atoms with Gasteiger partial charge in [0.1, 0.15) is 11.6 Å². The van der Waals surface area contributed by atoms with Crippen molar-refractivity contribution in [2.75, 3.05) is 18.0 Å². The quantitative estimate of drug-likeness (QED) is 0.795. The molecule has 2 aromatic rings. The third-order valence-electron chi connectivity index (χ3n) is 3.13. The molecule has 0 aromatic carbocycles. The highest BCUT2D eigenvalue weighted by Crippen LogP contribution is 2.20. The summed E-state index contributed by atoms with van der Waals surface area (Å²) in [6, 6.07) is 4.16. The van der Waals surface area contributed by atoms with Crippen LogP contribution in [0.4, 0.5) is 5.82 Å². The summed E-state index contributed by atoms with van der Waals surface area (Å²) < 4.78 is 0. The van der Waals surface area contributed by atoms with E-state index in [1.54, 1.807) is 0 Å². The maximum absolute atomic E-state index is 4.60. The molecule has 0 radical (unpaired) electrons. The molecule has 3 rings (SSSR count). The minimum atomic E-state index is 0.834. The van der Waals surface area contributed by atoms with E-state index in [4.69, 9.17) is 0 Å². The fourth-order valence-corrected chi connectivity index (χ4v) is 2.30. The molecule has 1 fully saturated rings. The third-order valence-corrected chi connectivity index (χ3v) is 3.13. The highest BCUT2D eigenvalue weighted by atomic mass is 15.2. The Morgan fingerprint density at radius 3 is 2.75 bits per heavy atom. The summed E-state index contributed by atoms with van der Waals surface area (Å²) >= 11 is 0. The van der Waals surface area contributed by atoms with Crippen LogP contribution in [-0.2, 0) is 0 Å². The number of pyridine rings is 1. The molecule has 4 nitrogen and oxygen atoms in total. The summed E-state index contributed by atoms with van der Waals surface area (Å²) in [7, 11) is 0. The normalized spacial score (nSPS) is 16.9. The van der Waals surface area contributed by atoms with Gasteiger partial charge in [-0.25, -0.2) is 9.97 Å². The van der Waals surface area contributed by atoms with E-state index < -0.39 is 0 Å². The number of nitrogens with one attached hydrogen (secondary N) is 1. The van der Waals surface area contributed by atoms with E-state index >= 15 is 0 Å². The van der Waals surface area contributed by atoms with Gasteiger partial charge in [-0.05, 0) is 38.3 Å². The van der Waals surface area contributed by atoms with Gasteiger partial charge in [0.2, 0.25) is 0 Å². The van der Waals surface area contributed by atoms with Crippen molar-refractivity contribution in [2.45, 2.75) is 26.2 Å². The number of nitrogens with zero attached hydrogens (tertiary/aromatic N) is 3. The first-order chi connectivity index (χ1) is 7.83. The zero-order valence-corrected chi connectivity index (χ0v) is 9.53. The molecule has 0 amide bonds. The monoisotopic (exact) mass is 216 g/mol. The number of anilines is 1. The van der Waals surface area contributed by atoms with Gasteiger partial charge in [0, 0.05) is 13.1 Å². The van der Waals surface area contributed by atoms with E-state index in [1.165, 1.54) is 19.3 Å². The lowest BCUT2D eigenvalue weighted by atomic mass is 10.1. The molecule has 16 heavy (non-hydrogen) atoms. The number of aromatic amines is 1. The van der Waals surface area contributed by atoms with Gasteiger partial charge in [-0.2, -0.15) is 0 Å². The van der Waals surface area contributed by atoms with Crippen LogP contribution in [0.1, 0.15) is 25.1 Å². The number of piperidine rings is 1. The lowest BCUT2D eigenvalue weighted by Crippen LogP contribution is -2.30. The van der Waals surface area contributed by atoms with Crippen LogP contribution in [0.2, 0.25) is 0 Å². The van der Waals surface area contributed by atoms with E-state index in [0.717, 1.165) is 35.9 Å². The third kappa shape index (κ3) is 1.64. The number of imidazole rings is 1. The molecule has 3 heterocycles. The number of aryl methyl sites for hydroxylation is 1. The van der Waals surface area contributed by atoms with Crippen molar-refractivity contribution in [1.29, 1.82) is 0 Å². The van der Waals surface area contributed by atoms with Crippen molar-refractivity contribution in [1.82, 2.24) is 15.0 Å². The topological polar surface area (TPSA) is 44.8 Å². The van der Waals surface area contributed by atoms with Crippen LogP contribution in [0.5, 0.6) is 0 Å². The molecule has 1 aliphatic rings. The molecular weight excluding hydrogens is 200 g/mol. The van der Waals surface area contributed by atoms with Crippen molar-refractivity contribution in [2.24, 2.45) is 0 Å². The number of H-pyrrole nitrogens is 1. The number of fused-ring (bicyclic) bond motifs is 1. The van der Waals surface area contributed by atoms with Crippen LogP contribution in [0.3, 0.4) is 0 Å². The summed E-state index contributed by atoms with van der Waals surface area (Å²) in [6.07, 6.45) is 3.90. The number of hydrogen-bond donors (Lipinski definition) is 1. The smallest absolute Gasteiger partial charge is 0.179 e. The Bertz CT molecular complexity index is 497. The molecule has 0 unspecified atom stereocenters. The SMILES string of the molecule is Cc1nc2nc(N3CCCCC3)ccc2[nH]1. The molecule has 0 spiro atoms. The summed E-state index contributed by atoms with van der Waals surface area (Å²) in [5.74, 6) is 2.00. The first-order valence-corrected chi connectivity index (χ1v) is 5.91. The average Bonchev–Trinajstić information content (AvgIpc) is 2.69. The Morgan fingerprint density at radius 2 is 1.94 bits per heavy atom. The predicted octanol–water partition coefficient (Wildman–Crippen LogP) is 2.26. The van der Waals surface area contributed by atoms with Gasteiger partial charge in [0.15, 0.2) is 5.65 Å². The van der Waals surface area contributed by atoms with Crippen molar-refractivity contribution in [3.05, 3.63) is 18.0 Å². The number of hydrogen-bond acceptors (Lipinski definition) is 3. The van der Waals surface area contributed by atoms with E-state index in [0.29, 0.717) is 0 Å². The molecule has 0 saturated carbocycles. The van der Waals surface area contributed by atoms with Gasteiger partial charge in [0.05, 0.1) is 5.52 Å².